The zero-order chi connectivity index (χ0) is 21.8. The first-order chi connectivity index (χ1) is 15.0. The zero-order valence-electron chi connectivity index (χ0n) is 16.9. The predicted molar refractivity (Wildman–Crippen MR) is 123 cm³/mol. The van der Waals surface area contributed by atoms with Crippen LogP contribution in [0.15, 0.2) is 59.0 Å². The predicted octanol–water partition coefficient (Wildman–Crippen LogP) is 6.52. The molecular weight excluding hydrogens is 435 g/mol. The van der Waals surface area contributed by atoms with E-state index in [1.54, 1.807) is 54.6 Å². The van der Waals surface area contributed by atoms with Gasteiger partial charge in [0.15, 0.2) is 5.76 Å². The van der Waals surface area contributed by atoms with Crippen LogP contribution in [0.5, 0.6) is 0 Å². The second-order valence-corrected chi connectivity index (χ2v) is 8.34. The van der Waals surface area contributed by atoms with Gasteiger partial charge in [-0.25, -0.2) is 0 Å². The molecule has 160 valence electrons. The molecule has 0 atom stereocenters. The molecule has 1 aliphatic rings. The summed E-state index contributed by atoms with van der Waals surface area (Å²) in [5.74, 6) is 0.0406. The number of amides is 2. The minimum absolute atomic E-state index is 0.0661. The first-order valence-electron chi connectivity index (χ1n) is 10.3. The molecule has 0 saturated carbocycles. The Balaban J connectivity index is 1.54. The van der Waals surface area contributed by atoms with E-state index in [1.807, 2.05) is 4.90 Å². The van der Waals surface area contributed by atoms with E-state index in [1.165, 1.54) is 0 Å². The van der Waals surface area contributed by atoms with E-state index in [2.05, 4.69) is 5.32 Å². The Kier molecular flexibility index (Phi) is 6.64. The lowest BCUT2D eigenvalue weighted by Gasteiger charge is -2.21. The van der Waals surface area contributed by atoms with E-state index < -0.39 is 5.91 Å². The van der Waals surface area contributed by atoms with Crippen molar-refractivity contribution in [1.29, 1.82) is 0 Å². The summed E-state index contributed by atoms with van der Waals surface area (Å²) in [4.78, 5) is 27.8. The van der Waals surface area contributed by atoms with Gasteiger partial charge in [0.25, 0.3) is 11.8 Å². The monoisotopic (exact) mass is 456 g/mol. The smallest absolute Gasteiger partial charge is 0.291 e. The van der Waals surface area contributed by atoms with Crippen LogP contribution in [0, 0.1) is 0 Å². The third-order valence-electron chi connectivity index (χ3n) is 5.32. The maximum atomic E-state index is 13.1. The number of anilines is 1. The first kappa shape index (κ1) is 21.5. The molecule has 1 fully saturated rings. The maximum Gasteiger partial charge on any atom is 0.291 e. The summed E-state index contributed by atoms with van der Waals surface area (Å²) in [6.07, 6.45) is 4.28. The molecule has 1 aliphatic heterocycles. The van der Waals surface area contributed by atoms with Crippen LogP contribution in [0.2, 0.25) is 10.0 Å². The Morgan fingerprint density at radius 1 is 0.903 bits per heavy atom. The second kappa shape index (κ2) is 9.58. The van der Waals surface area contributed by atoms with Crippen molar-refractivity contribution in [1.82, 2.24) is 4.90 Å². The van der Waals surface area contributed by atoms with Gasteiger partial charge in [0.1, 0.15) is 5.76 Å². The van der Waals surface area contributed by atoms with Crippen LogP contribution in [-0.2, 0) is 0 Å². The number of carbonyl (C=O) groups is 2. The Morgan fingerprint density at radius 2 is 1.65 bits per heavy atom. The molecule has 3 aromatic rings. The van der Waals surface area contributed by atoms with Crippen molar-refractivity contribution in [2.45, 2.75) is 25.7 Å². The topological polar surface area (TPSA) is 62.6 Å². The van der Waals surface area contributed by atoms with Crippen molar-refractivity contribution >= 4 is 40.7 Å². The summed E-state index contributed by atoms with van der Waals surface area (Å²) in [6.45, 7) is 1.48. The third kappa shape index (κ3) is 4.94. The van der Waals surface area contributed by atoms with Crippen LogP contribution in [-0.4, -0.2) is 29.8 Å². The van der Waals surface area contributed by atoms with Crippen LogP contribution < -0.4 is 5.32 Å². The highest BCUT2D eigenvalue weighted by Gasteiger charge is 2.22. The molecule has 0 radical (unpaired) electrons. The Labute approximate surface area is 190 Å². The minimum Gasteiger partial charge on any atom is -0.451 e. The highest BCUT2D eigenvalue weighted by Crippen LogP contribution is 2.32. The number of likely N-dealkylation sites (tertiary alicyclic amines) is 1. The molecule has 1 saturated heterocycles. The van der Waals surface area contributed by atoms with Gasteiger partial charge in [-0.2, -0.15) is 0 Å². The van der Waals surface area contributed by atoms with Crippen LogP contribution in [0.25, 0.3) is 11.3 Å². The number of para-hydroxylation sites is 1. The quantitative estimate of drug-likeness (QED) is 0.485. The molecular formula is C24H22Cl2N2O3. The number of carbonyl (C=O) groups excluding carboxylic acids is 2. The summed E-state index contributed by atoms with van der Waals surface area (Å²) in [6, 6.07) is 15.3. The molecule has 0 spiro atoms. The molecule has 0 unspecified atom stereocenters. The summed E-state index contributed by atoms with van der Waals surface area (Å²) < 4.78 is 5.72. The van der Waals surface area contributed by atoms with E-state index in [0.29, 0.717) is 32.6 Å². The fraction of sp³-hybridized carbons (Fsp3) is 0.250. The van der Waals surface area contributed by atoms with Crippen molar-refractivity contribution in [3.8, 4) is 11.3 Å². The molecule has 1 aromatic heterocycles. The van der Waals surface area contributed by atoms with Gasteiger partial charge in [0.2, 0.25) is 0 Å². The van der Waals surface area contributed by atoms with Crippen molar-refractivity contribution < 1.29 is 14.0 Å². The van der Waals surface area contributed by atoms with Gasteiger partial charge in [0.05, 0.1) is 16.3 Å². The first-order valence-corrected chi connectivity index (χ1v) is 11.0. The fourth-order valence-corrected chi connectivity index (χ4v) is 4.08. The number of nitrogens with one attached hydrogen (secondary N) is 1. The van der Waals surface area contributed by atoms with Crippen LogP contribution in [0.4, 0.5) is 5.69 Å². The third-order valence-corrected chi connectivity index (χ3v) is 5.89. The second-order valence-electron chi connectivity index (χ2n) is 7.49. The standard InChI is InChI=1S/C24H22Cl2N2O3/c25-16-9-10-19(26)18(15-16)21-11-12-22(31-21)23(29)27-20-8-4-3-7-17(20)24(30)28-13-5-1-2-6-14-28/h3-4,7-12,15H,1-2,5-6,13-14H2,(H,27,29). The van der Waals surface area contributed by atoms with Crippen LogP contribution in [0.3, 0.4) is 0 Å². The van der Waals surface area contributed by atoms with Gasteiger partial charge in [-0.1, -0.05) is 48.2 Å². The number of benzene rings is 2. The summed E-state index contributed by atoms with van der Waals surface area (Å²) in [5.41, 5.74) is 1.54. The number of hydrogen-bond donors (Lipinski definition) is 1. The molecule has 2 heterocycles. The minimum atomic E-state index is -0.444. The maximum absolute atomic E-state index is 13.1. The summed E-state index contributed by atoms with van der Waals surface area (Å²) >= 11 is 12.3. The fourth-order valence-electron chi connectivity index (χ4n) is 3.70. The number of rotatable bonds is 4. The van der Waals surface area contributed by atoms with Crippen molar-refractivity contribution in [3.05, 3.63) is 76.0 Å². The molecule has 0 aliphatic carbocycles. The Morgan fingerprint density at radius 3 is 2.42 bits per heavy atom. The molecule has 2 aromatic carbocycles. The van der Waals surface area contributed by atoms with E-state index in [-0.39, 0.29) is 11.7 Å². The normalized spacial score (nSPS) is 14.2. The SMILES string of the molecule is O=C(Nc1ccccc1C(=O)N1CCCCCC1)c1ccc(-c2cc(Cl)ccc2Cl)o1. The van der Waals surface area contributed by atoms with Crippen molar-refractivity contribution in [2.75, 3.05) is 18.4 Å². The average molecular weight is 457 g/mol. The molecule has 31 heavy (non-hydrogen) atoms. The van der Waals surface area contributed by atoms with Crippen molar-refractivity contribution in [3.63, 3.8) is 0 Å². The van der Waals surface area contributed by atoms with Gasteiger partial charge in [-0.05, 0) is 55.3 Å². The van der Waals surface area contributed by atoms with Crippen LogP contribution >= 0.6 is 23.2 Å². The van der Waals surface area contributed by atoms with Crippen LogP contribution in [0.1, 0.15) is 46.6 Å². The number of nitrogens with zero attached hydrogens (tertiary/aromatic N) is 1. The van der Waals surface area contributed by atoms with E-state index in [9.17, 15) is 9.59 Å². The molecule has 1 N–H and O–H groups in total. The highest BCUT2D eigenvalue weighted by molar-refractivity contribution is 6.35. The summed E-state index contributed by atoms with van der Waals surface area (Å²) in [7, 11) is 0. The average Bonchev–Trinajstić information content (AvgIpc) is 3.11. The molecule has 2 amide bonds. The van der Waals surface area contributed by atoms with Crippen molar-refractivity contribution in [2.24, 2.45) is 0 Å². The zero-order valence-corrected chi connectivity index (χ0v) is 18.4. The van der Waals surface area contributed by atoms with Gasteiger partial charge in [-0.15, -0.1) is 0 Å². The number of halogens is 2. The lowest BCUT2D eigenvalue weighted by molar-refractivity contribution is 0.0762. The highest BCUT2D eigenvalue weighted by atomic mass is 35.5. The van der Waals surface area contributed by atoms with E-state index in [4.69, 9.17) is 27.6 Å². The number of hydrogen-bond acceptors (Lipinski definition) is 3. The number of furan rings is 1. The largest absolute Gasteiger partial charge is 0.451 e. The lowest BCUT2D eigenvalue weighted by Crippen LogP contribution is -2.32. The Bertz CT molecular complexity index is 1100. The molecule has 0 bridgehead atoms. The van der Waals surface area contributed by atoms with Gasteiger partial charge >= 0.3 is 0 Å². The lowest BCUT2D eigenvalue weighted by atomic mass is 10.1. The molecule has 4 rings (SSSR count). The van der Waals surface area contributed by atoms with Gasteiger partial charge < -0.3 is 14.6 Å². The molecule has 5 nitrogen and oxygen atoms in total. The summed E-state index contributed by atoms with van der Waals surface area (Å²) in [5, 5.41) is 3.80. The van der Waals surface area contributed by atoms with E-state index >= 15 is 0 Å². The van der Waals surface area contributed by atoms with Gasteiger partial charge in [-0.3, -0.25) is 9.59 Å². The van der Waals surface area contributed by atoms with Gasteiger partial charge in [0, 0.05) is 23.7 Å². The molecule has 7 heteroatoms. The van der Waals surface area contributed by atoms with E-state index in [0.717, 1.165) is 38.8 Å². The Hall–Kier alpha value is -2.76.